The lowest BCUT2D eigenvalue weighted by Gasteiger charge is -2.19. The molecule has 6 nitrogen and oxygen atoms in total. The van der Waals surface area contributed by atoms with E-state index in [9.17, 15) is 0 Å². The van der Waals surface area contributed by atoms with E-state index in [1.807, 2.05) is 73.5 Å². The molecule has 3 aromatic rings. The summed E-state index contributed by atoms with van der Waals surface area (Å²) in [6, 6.07) is 17.7. The number of benzene rings is 2. The number of nitrogens with one attached hydrogen (secondary N) is 1. The van der Waals surface area contributed by atoms with E-state index in [1.165, 1.54) is 0 Å². The van der Waals surface area contributed by atoms with Crippen LogP contribution in [0.2, 0.25) is 0 Å². The van der Waals surface area contributed by atoms with Crippen molar-refractivity contribution in [1.29, 1.82) is 0 Å². The Morgan fingerprint density at radius 3 is 2.60 bits per heavy atom. The largest absolute Gasteiger partial charge is 0.454 e. The quantitative estimate of drug-likeness (QED) is 0.777. The van der Waals surface area contributed by atoms with Crippen molar-refractivity contribution >= 4 is 23.1 Å². The smallest absolute Gasteiger partial charge is 0.231 e. The fraction of sp³-hybridized carbons (Fsp3) is 0.158. The molecule has 4 rings (SSSR count). The van der Waals surface area contributed by atoms with Crippen molar-refractivity contribution in [2.24, 2.45) is 0 Å². The summed E-state index contributed by atoms with van der Waals surface area (Å²) in [6.45, 7) is 2.21. The second-order valence-corrected chi connectivity index (χ2v) is 5.78. The van der Waals surface area contributed by atoms with Crippen molar-refractivity contribution < 1.29 is 9.47 Å². The molecule has 126 valence electrons. The number of rotatable bonds is 4. The Kier molecular flexibility index (Phi) is 3.85. The second kappa shape index (κ2) is 6.32. The predicted octanol–water partition coefficient (Wildman–Crippen LogP) is 4.03. The van der Waals surface area contributed by atoms with Gasteiger partial charge in [0.25, 0.3) is 0 Å². The molecular weight excluding hydrogens is 316 g/mol. The van der Waals surface area contributed by atoms with E-state index >= 15 is 0 Å². The van der Waals surface area contributed by atoms with Crippen LogP contribution >= 0.6 is 0 Å². The minimum atomic E-state index is 0.256. The molecule has 0 fully saturated rings. The Morgan fingerprint density at radius 2 is 1.76 bits per heavy atom. The average Bonchev–Trinajstić information content (AvgIpc) is 3.09. The van der Waals surface area contributed by atoms with Crippen LogP contribution < -0.4 is 19.7 Å². The minimum Gasteiger partial charge on any atom is -0.454 e. The zero-order chi connectivity index (χ0) is 17.2. The molecule has 25 heavy (non-hydrogen) atoms. The van der Waals surface area contributed by atoms with E-state index in [0.29, 0.717) is 5.95 Å². The molecule has 0 atom stereocenters. The third-order valence-electron chi connectivity index (χ3n) is 3.96. The minimum absolute atomic E-state index is 0.256. The van der Waals surface area contributed by atoms with Crippen LogP contribution in [-0.2, 0) is 0 Å². The molecule has 1 aliphatic rings. The summed E-state index contributed by atoms with van der Waals surface area (Å²) in [5.41, 5.74) is 2.80. The van der Waals surface area contributed by atoms with Crippen molar-refractivity contribution in [1.82, 2.24) is 9.97 Å². The van der Waals surface area contributed by atoms with Gasteiger partial charge in [-0.1, -0.05) is 18.2 Å². The van der Waals surface area contributed by atoms with E-state index in [4.69, 9.17) is 9.47 Å². The number of para-hydroxylation sites is 1. The Balaban J connectivity index is 1.61. The van der Waals surface area contributed by atoms with Gasteiger partial charge < -0.3 is 19.7 Å². The lowest BCUT2D eigenvalue weighted by atomic mass is 10.3. The number of aryl methyl sites for hydroxylation is 1. The number of aromatic nitrogens is 2. The van der Waals surface area contributed by atoms with Crippen LogP contribution in [0.15, 0.2) is 54.6 Å². The monoisotopic (exact) mass is 334 g/mol. The van der Waals surface area contributed by atoms with Gasteiger partial charge in [0.2, 0.25) is 12.7 Å². The summed E-state index contributed by atoms with van der Waals surface area (Å²) in [5.74, 6) is 2.83. The van der Waals surface area contributed by atoms with Crippen molar-refractivity contribution in [2.75, 3.05) is 24.1 Å². The number of anilines is 4. The van der Waals surface area contributed by atoms with Crippen molar-refractivity contribution in [3.63, 3.8) is 0 Å². The molecule has 6 heteroatoms. The molecule has 1 aliphatic heterocycles. The predicted molar refractivity (Wildman–Crippen MR) is 97.1 cm³/mol. The number of ether oxygens (including phenoxy) is 2. The number of hydrogen-bond acceptors (Lipinski definition) is 6. The van der Waals surface area contributed by atoms with E-state index in [-0.39, 0.29) is 6.79 Å². The Morgan fingerprint density at radius 1 is 0.960 bits per heavy atom. The van der Waals surface area contributed by atoms with Gasteiger partial charge in [0, 0.05) is 36.2 Å². The van der Waals surface area contributed by atoms with Gasteiger partial charge in [-0.05, 0) is 31.2 Å². The molecule has 0 spiro atoms. The normalized spacial score (nSPS) is 12.1. The van der Waals surface area contributed by atoms with Crippen LogP contribution in [0.5, 0.6) is 11.5 Å². The molecular formula is C19H18N4O2. The number of nitrogens with zero attached hydrogens (tertiary/aromatic N) is 3. The molecule has 0 unspecified atom stereocenters. The summed E-state index contributed by atoms with van der Waals surface area (Å²) in [4.78, 5) is 11.1. The molecule has 0 saturated heterocycles. The summed E-state index contributed by atoms with van der Waals surface area (Å²) in [5, 5.41) is 3.24. The van der Waals surface area contributed by atoms with Gasteiger partial charge in [0.15, 0.2) is 11.5 Å². The van der Waals surface area contributed by atoms with E-state index < -0.39 is 0 Å². The average molecular weight is 334 g/mol. The van der Waals surface area contributed by atoms with Crippen LogP contribution in [0.25, 0.3) is 0 Å². The van der Waals surface area contributed by atoms with E-state index in [1.54, 1.807) is 0 Å². The first kappa shape index (κ1) is 15.3. The first-order valence-corrected chi connectivity index (χ1v) is 8.00. The van der Waals surface area contributed by atoms with E-state index in [0.717, 1.165) is 34.4 Å². The van der Waals surface area contributed by atoms with Crippen molar-refractivity contribution in [3.05, 3.63) is 60.3 Å². The van der Waals surface area contributed by atoms with Crippen LogP contribution in [0.3, 0.4) is 0 Å². The highest BCUT2D eigenvalue weighted by Crippen LogP contribution is 2.35. The zero-order valence-corrected chi connectivity index (χ0v) is 14.1. The fourth-order valence-electron chi connectivity index (χ4n) is 2.67. The Bertz CT molecular complexity index is 899. The highest BCUT2D eigenvalue weighted by molar-refractivity contribution is 5.64. The topological polar surface area (TPSA) is 59.5 Å². The van der Waals surface area contributed by atoms with Crippen LogP contribution in [-0.4, -0.2) is 23.8 Å². The molecule has 1 N–H and O–H groups in total. The van der Waals surface area contributed by atoms with Gasteiger partial charge in [-0.3, -0.25) is 0 Å². The lowest BCUT2D eigenvalue weighted by molar-refractivity contribution is 0.174. The molecule has 0 amide bonds. The molecule has 2 heterocycles. The van der Waals surface area contributed by atoms with Crippen molar-refractivity contribution in [2.45, 2.75) is 6.92 Å². The zero-order valence-electron chi connectivity index (χ0n) is 14.1. The fourth-order valence-corrected chi connectivity index (χ4v) is 2.67. The molecule has 2 aromatic carbocycles. The first-order chi connectivity index (χ1) is 12.2. The Hall–Kier alpha value is -3.28. The summed E-state index contributed by atoms with van der Waals surface area (Å²) < 4.78 is 10.7. The second-order valence-electron chi connectivity index (χ2n) is 5.78. The summed E-state index contributed by atoms with van der Waals surface area (Å²) >= 11 is 0. The number of fused-ring (bicyclic) bond motifs is 1. The highest BCUT2D eigenvalue weighted by atomic mass is 16.7. The SMILES string of the molecule is Cc1cc(N(C)c2ccccc2)nc(Nc2ccc3c(c2)OCO3)n1. The molecule has 0 aliphatic carbocycles. The standard InChI is InChI=1S/C19H18N4O2/c1-13-10-18(23(2)15-6-4-3-5-7-15)22-19(20-13)21-14-8-9-16-17(11-14)25-12-24-16/h3-11H,12H2,1-2H3,(H,20,21,22). The molecule has 0 radical (unpaired) electrons. The molecule has 0 saturated carbocycles. The third-order valence-corrected chi connectivity index (χ3v) is 3.96. The third kappa shape index (κ3) is 3.19. The van der Waals surface area contributed by atoms with Crippen LogP contribution in [0, 0.1) is 6.92 Å². The van der Waals surface area contributed by atoms with E-state index in [2.05, 4.69) is 15.3 Å². The maximum atomic E-state index is 5.41. The Labute approximate surface area is 146 Å². The molecule has 0 bridgehead atoms. The van der Waals surface area contributed by atoms with Gasteiger partial charge in [-0.25, -0.2) is 4.98 Å². The van der Waals surface area contributed by atoms with Crippen LogP contribution in [0.1, 0.15) is 5.69 Å². The summed E-state index contributed by atoms with van der Waals surface area (Å²) in [6.07, 6.45) is 0. The maximum absolute atomic E-state index is 5.41. The van der Waals surface area contributed by atoms with Crippen molar-refractivity contribution in [3.8, 4) is 11.5 Å². The molecule has 1 aromatic heterocycles. The van der Waals surface area contributed by atoms with Gasteiger partial charge in [-0.2, -0.15) is 4.98 Å². The maximum Gasteiger partial charge on any atom is 0.231 e. The van der Waals surface area contributed by atoms with Gasteiger partial charge >= 0.3 is 0 Å². The van der Waals surface area contributed by atoms with Gasteiger partial charge in [0.1, 0.15) is 5.82 Å². The highest BCUT2D eigenvalue weighted by Gasteiger charge is 2.14. The lowest BCUT2D eigenvalue weighted by Crippen LogP contribution is -2.13. The van der Waals surface area contributed by atoms with Gasteiger partial charge in [-0.15, -0.1) is 0 Å². The summed E-state index contributed by atoms with van der Waals surface area (Å²) in [7, 11) is 1.99. The first-order valence-electron chi connectivity index (χ1n) is 8.00. The van der Waals surface area contributed by atoms with Crippen LogP contribution in [0.4, 0.5) is 23.1 Å². The van der Waals surface area contributed by atoms with Gasteiger partial charge in [0.05, 0.1) is 0 Å². The number of hydrogen-bond donors (Lipinski definition) is 1.